The van der Waals surface area contributed by atoms with Crippen molar-refractivity contribution in [1.82, 2.24) is 5.32 Å². The van der Waals surface area contributed by atoms with Gasteiger partial charge >= 0.3 is 0 Å². The summed E-state index contributed by atoms with van der Waals surface area (Å²) in [5.41, 5.74) is 1.11. The van der Waals surface area contributed by atoms with Gasteiger partial charge in [-0.05, 0) is 49.4 Å². The summed E-state index contributed by atoms with van der Waals surface area (Å²) in [7, 11) is 0. The molecule has 29 heavy (non-hydrogen) atoms. The van der Waals surface area contributed by atoms with Gasteiger partial charge in [0.2, 0.25) is 0 Å². The number of imide groups is 1. The predicted octanol–water partition coefficient (Wildman–Crippen LogP) is 3.41. The number of furan rings is 1. The molecule has 3 amide bonds. The second-order valence-corrected chi connectivity index (χ2v) is 6.37. The second kappa shape index (κ2) is 7.63. The van der Waals surface area contributed by atoms with Gasteiger partial charge in [-0.25, -0.2) is 4.90 Å². The molecule has 1 aliphatic heterocycles. The largest absolute Gasteiger partial charge is 0.492 e. The molecular weight excluding hydrogens is 372 g/mol. The van der Waals surface area contributed by atoms with Crippen LogP contribution in [0.3, 0.4) is 0 Å². The summed E-state index contributed by atoms with van der Waals surface area (Å²) >= 11 is 0. The number of benzene rings is 2. The molecule has 0 aliphatic carbocycles. The van der Waals surface area contributed by atoms with Crippen molar-refractivity contribution in [3.05, 3.63) is 83.3 Å². The number of nitrogens with zero attached hydrogens (tertiary/aromatic N) is 1. The molecule has 4 rings (SSSR count). The maximum Gasteiger partial charge on any atom is 0.266 e. The summed E-state index contributed by atoms with van der Waals surface area (Å²) in [4.78, 5) is 39.4. The Kier molecular flexibility index (Phi) is 4.87. The minimum absolute atomic E-state index is 0.187. The second-order valence-electron chi connectivity index (χ2n) is 6.37. The first-order valence-electron chi connectivity index (χ1n) is 9.15. The monoisotopic (exact) mass is 390 g/mol. The van der Waals surface area contributed by atoms with Crippen LogP contribution in [0.5, 0.6) is 5.75 Å². The number of fused-ring (bicyclic) bond motifs is 1. The molecule has 0 atom stereocenters. The molecule has 0 unspecified atom stereocenters. The summed E-state index contributed by atoms with van der Waals surface area (Å²) in [5, 5.41) is 2.72. The van der Waals surface area contributed by atoms with Crippen LogP contribution in [-0.4, -0.2) is 24.3 Å². The Bertz CT molecular complexity index is 1090. The van der Waals surface area contributed by atoms with E-state index < -0.39 is 11.8 Å². The van der Waals surface area contributed by atoms with Crippen LogP contribution in [0.2, 0.25) is 0 Å². The normalized spacial score (nSPS) is 12.8. The molecule has 0 bridgehead atoms. The van der Waals surface area contributed by atoms with E-state index in [9.17, 15) is 14.4 Å². The number of hydrogen-bond acceptors (Lipinski definition) is 5. The van der Waals surface area contributed by atoms with E-state index in [0.29, 0.717) is 23.8 Å². The van der Waals surface area contributed by atoms with Gasteiger partial charge in [-0.2, -0.15) is 0 Å². The zero-order valence-electron chi connectivity index (χ0n) is 15.7. The van der Waals surface area contributed by atoms with E-state index >= 15 is 0 Å². The van der Waals surface area contributed by atoms with Crippen LogP contribution in [-0.2, 0) is 6.54 Å². The Morgan fingerprint density at radius 3 is 2.59 bits per heavy atom. The van der Waals surface area contributed by atoms with Gasteiger partial charge in [0.05, 0.1) is 36.2 Å². The smallest absolute Gasteiger partial charge is 0.266 e. The number of hydrogen-bond donors (Lipinski definition) is 1. The van der Waals surface area contributed by atoms with Gasteiger partial charge in [-0.3, -0.25) is 14.4 Å². The molecule has 0 radical (unpaired) electrons. The van der Waals surface area contributed by atoms with E-state index in [-0.39, 0.29) is 29.1 Å². The van der Waals surface area contributed by atoms with Crippen molar-refractivity contribution >= 4 is 23.4 Å². The average molecular weight is 390 g/mol. The summed E-state index contributed by atoms with van der Waals surface area (Å²) in [6, 6.07) is 14.8. The number of para-hydroxylation sites is 2. The number of carbonyl (C=O) groups excluding carboxylic acids is 3. The molecule has 2 heterocycles. The van der Waals surface area contributed by atoms with Crippen LogP contribution in [0, 0.1) is 0 Å². The third kappa shape index (κ3) is 3.38. The molecule has 7 heteroatoms. The van der Waals surface area contributed by atoms with Crippen molar-refractivity contribution in [2.45, 2.75) is 13.5 Å². The molecule has 3 aromatic rings. The molecule has 0 saturated heterocycles. The van der Waals surface area contributed by atoms with E-state index in [1.54, 1.807) is 36.4 Å². The van der Waals surface area contributed by atoms with Gasteiger partial charge in [0.1, 0.15) is 11.5 Å². The molecule has 1 aliphatic rings. The van der Waals surface area contributed by atoms with Gasteiger partial charge < -0.3 is 14.5 Å². The number of anilines is 1. The van der Waals surface area contributed by atoms with Crippen molar-refractivity contribution in [3.8, 4) is 5.75 Å². The lowest BCUT2D eigenvalue weighted by atomic mass is 10.1. The summed E-state index contributed by atoms with van der Waals surface area (Å²) in [6.45, 7) is 2.45. The average Bonchev–Trinajstić information content (AvgIpc) is 3.34. The molecule has 1 aromatic heterocycles. The molecule has 1 N–H and O–H groups in total. The molecule has 2 aromatic carbocycles. The van der Waals surface area contributed by atoms with Crippen molar-refractivity contribution in [2.75, 3.05) is 11.5 Å². The Hall–Kier alpha value is -3.87. The first-order valence-corrected chi connectivity index (χ1v) is 9.15. The van der Waals surface area contributed by atoms with Crippen LogP contribution in [0.4, 0.5) is 5.69 Å². The highest BCUT2D eigenvalue weighted by molar-refractivity contribution is 6.35. The lowest BCUT2D eigenvalue weighted by Crippen LogP contribution is -2.29. The van der Waals surface area contributed by atoms with E-state index in [0.717, 1.165) is 4.90 Å². The number of ether oxygens (including phenoxy) is 1. The molecule has 0 fully saturated rings. The Balaban J connectivity index is 1.60. The predicted molar refractivity (Wildman–Crippen MR) is 105 cm³/mol. The third-order valence-electron chi connectivity index (χ3n) is 4.56. The number of amides is 3. The van der Waals surface area contributed by atoms with E-state index in [4.69, 9.17) is 9.15 Å². The topological polar surface area (TPSA) is 88.8 Å². The van der Waals surface area contributed by atoms with Crippen molar-refractivity contribution in [2.24, 2.45) is 0 Å². The van der Waals surface area contributed by atoms with E-state index in [1.807, 2.05) is 6.92 Å². The lowest BCUT2D eigenvalue weighted by Gasteiger charge is -2.17. The SMILES string of the molecule is CCOc1ccccc1N1C(=O)c2ccc(C(=O)NCc3ccco3)cc2C1=O. The van der Waals surface area contributed by atoms with Crippen LogP contribution in [0.25, 0.3) is 0 Å². The molecule has 0 spiro atoms. The highest BCUT2D eigenvalue weighted by Crippen LogP contribution is 2.35. The van der Waals surface area contributed by atoms with Gasteiger partial charge in [0, 0.05) is 5.56 Å². The molecule has 7 nitrogen and oxygen atoms in total. The van der Waals surface area contributed by atoms with Crippen LogP contribution in [0.15, 0.2) is 65.3 Å². The molecule has 0 saturated carbocycles. The Morgan fingerprint density at radius 2 is 1.83 bits per heavy atom. The highest BCUT2D eigenvalue weighted by Gasteiger charge is 2.38. The maximum atomic E-state index is 13.0. The Morgan fingerprint density at radius 1 is 1.03 bits per heavy atom. The quantitative estimate of drug-likeness (QED) is 0.652. The zero-order valence-corrected chi connectivity index (χ0v) is 15.7. The number of nitrogens with one attached hydrogen (secondary N) is 1. The van der Waals surface area contributed by atoms with Gasteiger partial charge in [0.25, 0.3) is 17.7 Å². The third-order valence-corrected chi connectivity index (χ3v) is 4.56. The summed E-state index contributed by atoms with van der Waals surface area (Å²) in [5.74, 6) is -0.236. The van der Waals surface area contributed by atoms with Crippen molar-refractivity contribution in [1.29, 1.82) is 0 Å². The minimum Gasteiger partial charge on any atom is -0.492 e. The van der Waals surface area contributed by atoms with Crippen LogP contribution in [0.1, 0.15) is 43.8 Å². The van der Waals surface area contributed by atoms with E-state index in [1.165, 1.54) is 24.5 Å². The zero-order chi connectivity index (χ0) is 20.4. The lowest BCUT2D eigenvalue weighted by molar-refractivity contribution is 0.0922. The van der Waals surface area contributed by atoms with Gasteiger partial charge in [0.15, 0.2) is 0 Å². The van der Waals surface area contributed by atoms with E-state index in [2.05, 4.69) is 5.32 Å². The summed E-state index contributed by atoms with van der Waals surface area (Å²) in [6.07, 6.45) is 1.52. The first kappa shape index (κ1) is 18.5. The van der Waals surface area contributed by atoms with Gasteiger partial charge in [-0.1, -0.05) is 12.1 Å². The highest BCUT2D eigenvalue weighted by atomic mass is 16.5. The van der Waals surface area contributed by atoms with Crippen molar-refractivity contribution in [3.63, 3.8) is 0 Å². The maximum absolute atomic E-state index is 13.0. The fourth-order valence-corrected chi connectivity index (χ4v) is 3.20. The number of carbonyl (C=O) groups is 3. The fourth-order valence-electron chi connectivity index (χ4n) is 3.20. The fraction of sp³-hybridized carbons (Fsp3) is 0.136. The van der Waals surface area contributed by atoms with Crippen LogP contribution < -0.4 is 15.0 Å². The Labute approximate surface area is 166 Å². The minimum atomic E-state index is -0.488. The van der Waals surface area contributed by atoms with Crippen LogP contribution >= 0.6 is 0 Å². The first-order chi connectivity index (χ1) is 14.1. The molecular formula is C22H18N2O5. The molecule has 146 valence electrons. The standard InChI is InChI=1S/C22H18N2O5/c1-2-28-19-8-4-3-7-18(19)24-21(26)16-10-9-14(12-17(16)22(24)27)20(25)23-13-15-6-5-11-29-15/h3-12H,2,13H2,1H3,(H,23,25). The van der Waals surface area contributed by atoms with Crippen molar-refractivity contribution < 1.29 is 23.5 Å². The summed E-state index contributed by atoms with van der Waals surface area (Å²) < 4.78 is 10.7. The van der Waals surface area contributed by atoms with Gasteiger partial charge in [-0.15, -0.1) is 0 Å². The number of rotatable bonds is 6.